The zero-order valence-corrected chi connectivity index (χ0v) is 47.1. The fourth-order valence-corrected chi connectivity index (χ4v) is 9.86. The second-order valence-electron chi connectivity index (χ2n) is 21.7. The largest absolute Gasteiger partial charge is 0.462 e. The minimum absolute atomic E-state index is 0.0607. The van der Waals surface area contributed by atoms with Crippen molar-refractivity contribution >= 4 is 17.9 Å². The molecule has 0 N–H and O–H groups in total. The second kappa shape index (κ2) is 59.0. The van der Waals surface area contributed by atoms with Gasteiger partial charge in [-0.25, -0.2) is 0 Å². The second-order valence-corrected chi connectivity index (χ2v) is 21.7. The molecule has 0 saturated heterocycles. The lowest BCUT2D eigenvalue weighted by Gasteiger charge is -2.18. The van der Waals surface area contributed by atoms with Gasteiger partial charge in [0, 0.05) is 19.3 Å². The molecule has 0 aromatic heterocycles. The smallest absolute Gasteiger partial charge is 0.306 e. The lowest BCUT2D eigenvalue weighted by atomic mass is 10.0. The van der Waals surface area contributed by atoms with Gasteiger partial charge in [-0.05, 0) is 19.3 Å². The highest BCUT2D eigenvalue weighted by Crippen LogP contribution is 2.18. The Morgan fingerprint density at radius 3 is 0.580 bits per heavy atom. The van der Waals surface area contributed by atoms with Crippen LogP contribution in [0.3, 0.4) is 0 Å². The molecule has 6 nitrogen and oxygen atoms in total. The zero-order valence-electron chi connectivity index (χ0n) is 47.1. The highest BCUT2D eigenvalue weighted by atomic mass is 16.6. The van der Waals surface area contributed by atoms with Gasteiger partial charge >= 0.3 is 17.9 Å². The molecule has 69 heavy (non-hydrogen) atoms. The summed E-state index contributed by atoms with van der Waals surface area (Å²) < 4.78 is 16.9. The van der Waals surface area contributed by atoms with Crippen LogP contribution >= 0.6 is 0 Å². The molecular formula is C63H122O6. The molecule has 0 fully saturated rings. The summed E-state index contributed by atoms with van der Waals surface area (Å²) in [5.41, 5.74) is 0. The Hall–Kier alpha value is -1.59. The molecule has 0 amide bonds. The fraction of sp³-hybridized carbons (Fsp3) is 0.952. The first kappa shape index (κ1) is 67.4. The maximum atomic E-state index is 12.9. The van der Waals surface area contributed by atoms with Crippen LogP contribution in [0.25, 0.3) is 0 Å². The summed E-state index contributed by atoms with van der Waals surface area (Å²) in [4.78, 5) is 38.3. The number of ether oxygens (including phenoxy) is 3. The van der Waals surface area contributed by atoms with E-state index in [1.807, 2.05) is 0 Å². The Bertz CT molecular complexity index is 979. The first-order valence-corrected chi connectivity index (χ1v) is 31.5. The van der Waals surface area contributed by atoms with Crippen molar-refractivity contribution in [2.45, 2.75) is 374 Å². The molecule has 0 aliphatic rings. The maximum absolute atomic E-state index is 12.9. The van der Waals surface area contributed by atoms with Gasteiger partial charge in [0.05, 0.1) is 0 Å². The molecule has 0 aliphatic heterocycles. The fourth-order valence-electron chi connectivity index (χ4n) is 9.86. The van der Waals surface area contributed by atoms with Crippen LogP contribution in [-0.2, 0) is 28.6 Å². The number of hydrogen-bond donors (Lipinski definition) is 0. The van der Waals surface area contributed by atoms with Gasteiger partial charge in [0.15, 0.2) is 6.10 Å². The van der Waals surface area contributed by atoms with Gasteiger partial charge in [0.1, 0.15) is 13.2 Å². The Kier molecular flexibility index (Phi) is 57.6. The summed E-state index contributed by atoms with van der Waals surface area (Å²) in [6, 6.07) is 0. The summed E-state index contributed by atoms with van der Waals surface area (Å²) in [5.74, 6) is -0.826. The molecule has 0 aliphatic carbocycles. The summed E-state index contributed by atoms with van der Waals surface area (Å²) in [7, 11) is 0. The molecule has 410 valence electrons. The molecule has 0 saturated carbocycles. The maximum Gasteiger partial charge on any atom is 0.306 e. The van der Waals surface area contributed by atoms with Crippen LogP contribution in [0.2, 0.25) is 0 Å². The Morgan fingerprint density at radius 2 is 0.391 bits per heavy atom. The number of unbranched alkanes of at least 4 members (excludes halogenated alkanes) is 48. The summed E-state index contributed by atoms with van der Waals surface area (Å²) in [5, 5.41) is 0. The molecule has 0 radical (unpaired) electrons. The van der Waals surface area contributed by atoms with Crippen molar-refractivity contribution < 1.29 is 28.6 Å². The van der Waals surface area contributed by atoms with E-state index < -0.39 is 6.10 Å². The molecule has 6 heteroatoms. The van der Waals surface area contributed by atoms with E-state index >= 15 is 0 Å². The number of esters is 3. The van der Waals surface area contributed by atoms with Crippen molar-refractivity contribution in [3.05, 3.63) is 0 Å². The van der Waals surface area contributed by atoms with Crippen LogP contribution < -0.4 is 0 Å². The lowest BCUT2D eigenvalue weighted by molar-refractivity contribution is -0.167. The van der Waals surface area contributed by atoms with Crippen molar-refractivity contribution in [2.75, 3.05) is 13.2 Å². The lowest BCUT2D eigenvalue weighted by Crippen LogP contribution is -2.30. The Morgan fingerprint density at radius 1 is 0.232 bits per heavy atom. The number of rotatable bonds is 59. The molecular weight excluding hydrogens is 853 g/mol. The topological polar surface area (TPSA) is 78.9 Å². The monoisotopic (exact) mass is 975 g/mol. The van der Waals surface area contributed by atoms with Crippen LogP contribution in [0.5, 0.6) is 0 Å². The van der Waals surface area contributed by atoms with Crippen molar-refractivity contribution in [3.63, 3.8) is 0 Å². The average Bonchev–Trinajstić information content (AvgIpc) is 3.35. The Labute approximate surface area is 431 Å². The predicted octanol–water partition coefficient (Wildman–Crippen LogP) is 21.1. The molecule has 0 spiro atoms. The molecule has 0 rings (SSSR count). The van der Waals surface area contributed by atoms with E-state index in [1.165, 1.54) is 270 Å². The number of hydrogen-bond acceptors (Lipinski definition) is 6. The van der Waals surface area contributed by atoms with E-state index in [1.54, 1.807) is 0 Å². The van der Waals surface area contributed by atoms with Gasteiger partial charge in [0.2, 0.25) is 0 Å². The third-order valence-corrected chi connectivity index (χ3v) is 14.6. The summed E-state index contributed by atoms with van der Waals surface area (Å²) >= 11 is 0. The van der Waals surface area contributed by atoms with E-state index in [2.05, 4.69) is 20.8 Å². The standard InChI is InChI=1S/C63H122O6/c1-4-7-10-13-16-19-22-25-28-29-30-31-32-33-36-39-42-45-48-51-54-57-63(66)69-60(58-67-61(64)55-52-49-46-43-40-37-34-26-23-20-17-14-11-8-5-2)59-68-62(65)56-53-50-47-44-41-38-35-27-24-21-18-15-12-9-6-3/h60H,4-59H2,1-3H3. The third kappa shape index (κ3) is 57.2. The highest BCUT2D eigenvalue weighted by Gasteiger charge is 2.19. The van der Waals surface area contributed by atoms with E-state index in [0.717, 1.165) is 57.8 Å². The molecule has 0 atom stereocenters. The van der Waals surface area contributed by atoms with Crippen LogP contribution in [0.4, 0.5) is 0 Å². The van der Waals surface area contributed by atoms with Crippen LogP contribution in [0.15, 0.2) is 0 Å². The van der Waals surface area contributed by atoms with Crippen molar-refractivity contribution in [1.29, 1.82) is 0 Å². The molecule has 0 bridgehead atoms. The van der Waals surface area contributed by atoms with Gasteiger partial charge in [-0.1, -0.05) is 329 Å². The van der Waals surface area contributed by atoms with E-state index in [9.17, 15) is 14.4 Å². The van der Waals surface area contributed by atoms with Gasteiger partial charge in [0.25, 0.3) is 0 Å². The molecule has 0 aromatic rings. The van der Waals surface area contributed by atoms with Crippen LogP contribution in [0.1, 0.15) is 367 Å². The number of carbonyl (C=O) groups excluding carboxylic acids is 3. The molecule has 0 aromatic carbocycles. The molecule has 0 heterocycles. The van der Waals surface area contributed by atoms with Crippen LogP contribution in [0, 0.1) is 0 Å². The summed E-state index contributed by atoms with van der Waals surface area (Å²) in [6.45, 7) is 6.73. The van der Waals surface area contributed by atoms with Crippen molar-refractivity contribution in [2.24, 2.45) is 0 Å². The zero-order chi connectivity index (χ0) is 50.0. The van der Waals surface area contributed by atoms with E-state index in [4.69, 9.17) is 14.2 Å². The van der Waals surface area contributed by atoms with Gasteiger partial charge in [-0.3, -0.25) is 14.4 Å². The first-order valence-electron chi connectivity index (χ1n) is 31.5. The third-order valence-electron chi connectivity index (χ3n) is 14.6. The normalized spacial score (nSPS) is 11.5. The minimum atomic E-state index is -0.762. The van der Waals surface area contributed by atoms with E-state index in [0.29, 0.717) is 19.3 Å². The summed E-state index contributed by atoms with van der Waals surface area (Å²) in [6.07, 6.45) is 66.7. The highest BCUT2D eigenvalue weighted by molar-refractivity contribution is 5.71. The van der Waals surface area contributed by atoms with Gasteiger partial charge < -0.3 is 14.2 Å². The number of carbonyl (C=O) groups is 3. The van der Waals surface area contributed by atoms with E-state index in [-0.39, 0.29) is 31.1 Å². The first-order chi connectivity index (χ1) is 34.0. The average molecular weight is 976 g/mol. The Balaban J connectivity index is 4.26. The predicted molar refractivity (Wildman–Crippen MR) is 298 cm³/mol. The molecule has 0 unspecified atom stereocenters. The van der Waals surface area contributed by atoms with Gasteiger partial charge in [-0.2, -0.15) is 0 Å². The minimum Gasteiger partial charge on any atom is -0.462 e. The van der Waals surface area contributed by atoms with Crippen LogP contribution in [-0.4, -0.2) is 37.2 Å². The van der Waals surface area contributed by atoms with Gasteiger partial charge in [-0.15, -0.1) is 0 Å². The van der Waals surface area contributed by atoms with Crippen molar-refractivity contribution in [3.8, 4) is 0 Å². The SMILES string of the molecule is CCCCCCCCCCCCCCCCCCCCCCCC(=O)OC(COC(=O)CCCCCCCCCCCCCCCCC)COC(=O)CCCCCCCCCCCCCCCCC. The quantitative estimate of drug-likeness (QED) is 0.0343. The van der Waals surface area contributed by atoms with Crippen molar-refractivity contribution in [1.82, 2.24) is 0 Å².